The maximum absolute atomic E-state index is 10.3. The van der Waals surface area contributed by atoms with E-state index in [1.165, 1.54) is 6.33 Å². The summed E-state index contributed by atoms with van der Waals surface area (Å²) in [4.78, 5) is 18.0. The Bertz CT molecular complexity index is 422. The van der Waals surface area contributed by atoms with Crippen molar-refractivity contribution in [3.8, 4) is 0 Å². The molecule has 0 amide bonds. The zero-order chi connectivity index (χ0) is 8.39. The van der Waals surface area contributed by atoms with E-state index in [0.29, 0.717) is 5.39 Å². The third-order valence-electron chi connectivity index (χ3n) is 1.61. The molecular weight excluding hydrogens is 154 g/mol. The van der Waals surface area contributed by atoms with Crippen LogP contribution in [-0.4, -0.2) is 9.97 Å². The number of nitroso groups, excluding NO2 is 1. The number of fused-ring (bicyclic) bond motifs is 1. The van der Waals surface area contributed by atoms with Crippen molar-refractivity contribution >= 4 is 16.7 Å². The minimum atomic E-state index is 0.195. The van der Waals surface area contributed by atoms with E-state index in [9.17, 15) is 4.91 Å². The molecule has 0 aliphatic carbocycles. The van der Waals surface area contributed by atoms with E-state index in [0.717, 1.165) is 5.52 Å². The van der Waals surface area contributed by atoms with Crippen LogP contribution >= 0.6 is 0 Å². The van der Waals surface area contributed by atoms with Crippen molar-refractivity contribution in [1.82, 2.24) is 9.97 Å². The van der Waals surface area contributed by atoms with Crippen molar-refractivity contribution in [2.75, 3.05) is 0 Å². The van der Waals surface area contributed by atoms with Gasteiger partial charge >= 0.3 is 0 Å². The number of hydrogen-bond acceptors (Lipinski definition) is 4. The molecule has 0 atom stereocenters. The summed E-state index contributed by atoms with van der Waals surface area (Å²) in [5, 5.41) is 3.49. The highest BCUT2D eigenvalue weighted by molar-refractivity contribution is 5.86. The topological polar surface area (TPSA) is 55.2 Å². The summed E-state index contributed by atoms with van der Waals surface area (Å²) in [5.41, 5.74) is 0.738. The molecule has 2 aromatic rings. The Balaban J connectivity index is 2.88. The third kappa shape index (κ3) is 0.934. The number of aromatic nitrogens is 2. The Kier molecular flexibility index (Phi) is 1.51. The second-order valence-electron chi connectivity index (χ2n) is 2.31. The van der Waals surface area contributed by atoms with Crippen LogP contribution in [0.25, 0.3) is 10.9 Å². The van der Waals surface area contributed by atoms with Crippen LogP contribution in [0.15, 0.2) is 35.8 Å². The lowest BCUT2D eigenvalue weighted by Crippen LogP contribution is -1.81. The number of rotatable bonds is 1. The highest BCUT2D eigenvalue weighted by Gasteiger charge is 2.00. The van der Waals surface area contributed by atoms with Gasteiger partial charge in [0.15, 0.2) is 0 Å². The minimum Gasteiger partial charge on any atom is -0.236 e. The molecule has 1 aromatic carbocycles. The smallest absolute Gasteiger partial charge is 0.207 e. The van der Waals surface area contributed by atoms with Gasteiger partial charge in [0.1, 0.15) is 6.33 Å². The van der Waals surface area contributed by atoms with Gasteiger partial charge in [0, 0.05) is 5.39 Å². The summed E-state index contributed by atoms with van der Waals surface area (Å²) in [7, 11) is 0. The maximum atomic E-state index is 10.3. The van der Waals surface area contributed by atoms with Crippen LogP contribution in [0.2, 0.25) is 0 Å². The summed E-state index contributed by atoms with van der Waals surface area (Å²) in [6.07, 6.45) is 1.33. The van der Waals surface area contributed by atoms with Gasteiger partial charge in [-0.1, -0.05) is 12.1 Å². The lowest BCUT2D eigenvalue weighted by molar-refractivity contribution is 1.20. The number of nitrogens with zero attached hydrogens (tertiary/aromatic N) is 3. The molecule has 0 unspecified atom stereocenters. The van der Waals surface area contributed by atoms with Crippen LogP contribution < -0.4 is 0 Å². The van der Waals surface area contributed by atoms with Crippen LogP contribution in [0.4, 0.5) is 5.82 Å². The molecule has 1 heterocycles. The van der Waals surface area contributed by atoms with Gasteiger partial charge in [-0.15, -0.1) is 4.91 Å². The summed E-state index contributed by atoms with van der Waals surface area (Å²) in [6, 6.07) is 7.25. The van der Waals surface area contributed by atoms with Crippen LogP contribution in [0, 0.1) is 4.91 Å². The second-order valence-corrected chi connectivity index (χ2v) is 2.31. The number of para-hydroxylation sites is 1. The molecule has 0 aliphatic heterocycles. The van der Waals surface area contributed by atoms with E-state index in [1.807, 2.05) is 18.2 Å². The lowest BCUT2D eigenvalue weighted by Gasteiger charge is -1.94. The standard InChI is InChI=1S/C8H5N3O/c12-11-8-6-3-1-2-4-7(6)9-5-10-8/h1-5H. The predicted molar refractivity (Wildman–Crippen MR) is 45.0 cm³/mol. The van der Waals surface area contributed by atoms with Gasteiger partial charge in [0.05, 0.1) is 5.52 Å². The van der Waals surface area contributed by atoms with Crippen LogP contribution in [0.3, 0.4) is 0 Å². The van der Waals surface area contributed by atoms with Crippen molar-refractivity contribution in [2.24, 2.45) is 5.18 Å². The first-order valence-corrected chi connectivity index (χ1v) is 3.45. The highest BCUT2D eigenvalue weighted by atomic mass is 16.3. The molecule has 0 radical (unpaired) electrons. The van der Waals surface area contributed by atoms with Crippen molar-refractivity contribution in [1.29, 1.82) is 0 Å². The average molecular weight is 159 g/mol. The summed E-state index contributed by atoms with van der Waals surface area (Å²) < 4.78 is 0. The number of benzene rings is 1. The van der Waals surface area contributed by atoms with Gasteiger partial charge < -0.3 is 0 Å². The zero-order valence-corrected chi connectivity index (χ0v) is 6.14. The highest BCUT2D eigenvalue weighted by Crippen LogP contribution is 2.19. The minimum absolute atomic E-state index is 0.195. The van der Waals surface area contributed by atoms with E-state index < -0.39 is 0 Å². The molecule has 0 aliphatic rings. The second kappa shape index (κ2) is 2.65. The van der Waals surface area contributed by atoms with E-state index in [-0.39, 0.29) is 5.82 Å². The van der Waals surface area contributed by atoms with Crippen molar-refractivity contribution in [3.05, 3.63) is 35.5 Å². The van der Waals surface area contributed by atoms with Gasteiger partial charge in [0.25, 0.3) is 0 Å². The van der Waals surface area contributed by atoms with E-state index >= 15 is 0 Å². The zero-order valence-electron chi connectivity index (χ0n) is 6.14. The molecule has 4 heteroatoms. The molecule has 0 saturated carbocycles. The van der Waals surface area contributed by atoms with E-state index in [2.05, 4.69) is 15.1 Å². The molecule has 0 saturated heterocycles. The third-order valence-corrected chi connectivity index (χ3v) is 1.61. The first-order chi connectivity index (χ1) is 5.92. The van der Waals surface area contributed by atoms with Crippen molar-refractivity contribution < 1.29 is 0 Å². The molecule has 4 nitrogen and oxygen atoms in total. The Morgan fingerprint density at radius 2 is 2.00 bits per heavy atom. The maximum Gasteiger partial charge on any atom is 0.207 e. The molecule has 1 aromatic heterocycles. The Morgan fingerprint density at radius 1 is 1.17 bits per heavy atom. The van der Waals surface area contributed by atoms with E-state index in [1.54, 1.807) is 6.07 Å². The van der Waals surface area contributed by atoms with Crippen molar-refractivity contribution in [3.63, 3.8) is 0 Å². The van der Waals surface area contributed by atoms with Gasteiger partial charge in [-0.05, 0) is 17.3 Å². The Hall–Kier alpha value is -1.84. The van der Waals surface area contributed by atoms with E-state index in [4.69, 9.17) is 0 Å². The molecule has 0 N–H and O–H groups in total. The first-order valence-electron chi connectivity index (χ1n) is 3.45. The van der Waals surface area contributed by atoms with Gasteiger partial charge in [-0.25, -0.2) is 9.97 Å². The molecule has 0 fully saturated rings. The summed E-state index contributed by atoms with van der Waals surface area (Å²) >= 11 is 0. The molecular formula is C8H5N3O. The molecule has 0 bridgehead atoms. The van der Waals surface area contributed by atoms with Crippen LogP contribution in [-0.2, 0) is 0 Å². The Morgan fingerprint density at radius 3 is 2.83 bits per heavy atom. The Labute approximate surface area is 68.2 Å². The molecule has 12 heavy (non-hydrogen) atoms. The normalized spacial score (nSPS) is 10.0. The number of hydrogen-bond donors (Lipinski definition) is 0. The first kappa shape index (κ1) is 6.84. The van der Waals surface area contributed by atoms with Crippen LogP contribution in [0.5, 0.6) is 0 Å². The largest absolute Gasteiger partial charge is 0.236 e. The average Bonchev–Trinajstić information content (AvgIpc) is 2.17. The summed E-state index contributed by atoms with van der Waals surface area (Å²) in [6.45, 7) is 0. The fourth-order valence-corrected chi connectivity index (χ4v) is 1.06. The van der Waals surface area contributed by atoms with Crippen molar-refractivity contribution in [2.45, 2.75) is 0 Å². The quantitative estimate of drug-likeness (QED) is 0.598. The monoisotopic (exact) mass is 159 g/mol. The fourth-order valence-electron chi connectivity index (χ4n) is 1.06. The predicted octanol–water partition coefficient (Wildman–Crippen LogP) is 2.03. The van der Waals surface area contributed by atoms with Gasteiger partial charge in [-0.2, -0.15) is 0 Å². The van der Waals surface area contributed by atoms with Gasteiger partial charge in [-0.3, -0.25) is 0 Å². The molecule has 0 spiro atoms. The van der Waals surface area contributed by atoms with Crippen LogP contribution in [0.1, 0.15) is 0 Å². The SMILES string of the molecule is O=Nc1ncnc2ccccc12. The molecule has 2 rings (SSSR count). The molecule has 58 valence electrons. The van der Waals surface area contributed by atoms with Gasteiger partial charge in [0.2, 0.25) is 5.82 Å². The summed E-state index contributed by atoms with van der Waals surface area (Å²) in [5.74, 6) is 0.195. The fraction of sp³-hybridized carbons (Fsp3) is 0. The lowest BCUT2D eigenvalue weighted by atomic mass is 10.2.